The summed E-state index contributed by atoms with van der Waals surface area (Å²) >= 11 is 11.9. The van der Waals surface area contributed by atoms with Crippen molar-refractivity contribution in [1.29, 1.82) is 0 Å². The molecule has 0 aliphatic heterocycles. The first-order valence-corrected chi connectivity index (χ1v) is 8.01. The molecule has 1 atom stereocenters. The Morgan fingerprint density at radius 3 is 2.43 bits per heavy atom. The van der Waals surface area contributed by atoms with Crippen LogP contribution in [-0.2, 0) is 21.6 Å². The monoisotopic (exact) mass is 351 g/mol. The highest BCUT2D eigenvalue weighted by molar-refractivity contribution is 6.30. The zero-order valence-electron chi connectivity index (χ0n) is 13.1. The van der Waals surface area contributed by atoms with Gasteiger partial charge in [0, 0.05) is 17.2 Å². The lowest BCUT2D eigenvalue weighted by atomic mass is 9.95. The molecule has 0 heterocycles. The maximum atomic E-state index is 12.1. The largest absolute Gasteiger partial charge is 0.372 e. The number of methoxy groups -OCH3 is 1. The molecule has 3 nitrogen and oxygen atoms in total. The lowest BCUT2D eigenvalue weighted by Gasteiger charge is -2.29. The van der Waals surface area contributed by atoms with Crippen LogP contribution in [0.5, 0.6) is 0 Å². The molecule has 0 spiro atoms. The first kappa shape index (κ1) is 17.8. The Hall–Kier alpha value is -1.55. The first-order valence-electron chi connectivity index (χ1n) is 7.25. The highest BCUT2D eigenvalue weighted by Crippen LogP contribution is 2.26. The van der Waals surface area contributed by atoms with E-state index in [4.69, 9.17) is 27.9 Å². The average Bonchev–Trinajstić information content (AvgIpc) is 2.55. The van der Waals surface area contributed by atoms with E-state index < -0.39 is 5.60 Å². The van der Waals surface area contributed by atoms with Gasteiger partial charge in [0.1, 0.15) is 5.60 Å². The maximum absolute atomic E-state index is 12.1. The number of amides is 1. The molecule has 1 N–H and O–H groups in total. The molecule has 0 fully saturated rings. The second-order valence-corrected chi connectivity index (χ2v) is 6.40. The molecule has 0 aliphatic rings. The molecule has 0 saturated carbocycles. The molecule has 1 amide bonds. The summed E-state index contributed by atoms with van der Waals surface area (Å²) in [6.07, 6.45) is 0.298. The van der Waals surface area contributed by atoms with Gasteiger partial charge in [0.2, 0.25) is 5.91 Å². The Labute approximate surface area is 146 Å². The molecule has 2 aromatic carbocycles. The zero-order chi connectivity index (χ0) is 16.9. The van der Waals surface area contributed by atoms with Crippen LogP contribution in [0.15, 0.2) is 48.5 Å². The number of carbonyl (C=O) groups excluding carboxylic acids is 1. The lowest BCUT2D eigenvalue weighted by molar-refractivity contribution is -0.122. The highest BCUT2D eigenvalue weighted by Gasteiger charge is 2.27. The van der Waals surface area contributed by atoms with Gasteiger partial charge in [0.25, 0.3) is 0 Å². The van der Waals surface area contributed by atoms with E-state index in [-0.39, 0.29) is 5.91 Å². The van der Waals surface area contributed by atoms with E-state index in [0.29, 0.717) is 23.0 Å². The van der Waals surface area contributed by atoms with E-state index in [1.165, 1.54) is 0 Å². The molecule has 1 unspecified atom stereocenters. The summed E-state index contributed by atoms with van der Waals surface area (Å²) in [5, 5.41) is 4.21. The fraction of sp³-hybridized carbons (Fsp3) is 0.278. The molecule has 5 heteroatoms. The summed E-state index contributed by atoms with van der Waals surface area (Å²) in [4.78, 5) is 12.1. The number of halogens is 2. The Morgan fingerprint density at radius 1 is 1.13 bits per heavy atom. The van der Waals surface area contributed by atoms with Crippen molar-refractivity contribution in [3.8, 4) is 0 Å². The Morgan fingerprint density at radius 2 is 1.83 bits per heavy atom. The van der Waals surface area contributed by atoms with Gasteiger partial charge in [-0.2, -0.15) is 0 Å². The molecule has 122 valence electrons. The van der Waals surface area contributed by atoms with E-state index in [1.807, 2.05) is 37.3 Å². The molecule has 0 saturated heterocycles. The number of nitrogens with one attached hydrogen (secondary N) is 1. The normalized spacial score (nSPS) is 13.4. The molecular weight excluding hydrogens is 333 g/mol. The van der Waals surface area contributed by atoms with Crippen molar-refractivity contribution in [2.24, 2.45) is 0 Å². The van der Waals surface area contributed by atoms with Crippen molar-refractivity contribution in [2.45, 2.75) is 18.9 Å². The Kier molecular flexibility index (Phi) is 6.05. The molecular formula is C18H19Cl2NO2. The smallest absolute Gasteiger partial charge is 0.224 e. The van der Waals surface area contributed by atoms with Gasteiger partial charge in [-0.25, -0.2) is 0 Å². The first-order chi connectivity index (χ1) is 10.9. The average molecular weight is 352 g/mol. The molecule has 23 heavy (non-hydrogen) atoms. The summed E-state index contributed by atoms with van der Waals surface area (Å²) in [6, 6.07) is 14.7. The quantitative estimate of drug-likeness (QED) is 0.846. The van der Waals surface area contributed by atoms with Crippen LogP contribution >= 0.6 is 23.2 Å². The minimum Gasteiger partial charge on any atom is -0.372 e. The van der Waals surface area contributed by atoms with Crippen LogP contribution in [0.3, 0.4) is 0 Å². The van der Waals surface area contributed by atoms with Crippen LogP contribution in [0.2, 0.25) is 10.0 Å². The fourth-order valence-corrected chi connectivity index (χ4v) is 2.54. The van der Waals surface area contributed by atoms with Crippen molar-refractivity contribution in [3.05, 3.63) is 69.7 Å². The molecule has 0 aromatic heterocycles. The predicted molar refractivity (Wildman–Crippen MR) is 94.0 cm³/mol. The van der Waals surface area contributed by atoms with E-state index in [1.54, 1.807) is 25.3 Å². The molecule has 2 rings (SSSR count). The van der Waals surface area contributed by atoms with Gasteiger partial charge in [-0.1, -0.05) is 47.5 Å². The SMILES string of the molecule is COC(C)(CNC(=O)Cc1ccc(Cl)cc1)c1cccc(Cl)c1. The number of carbonyl (C=O) groups is 1. The number of ether oxygens (including phenoxy) is 1. The Balaban J connectivity index is 1.99. The van der Waals surface area contributed by atoms with E-state index in [0.717, 1.165) is 11.1 Å². The predicted octanol–water partition coefficient (Wildman–Crippen LogP) is 4.21. The molecule has 0 bridgehead atoms. The van der Waals surface area contributed by atoms with Crippen LogP contribution in [0.25, 0.3) is 0 Å². The van der Waals surface area contributed by atoms with E-state index >= 15 is 0 Å². The molecule has 2 aromatic rings. The summed E-state index contributed by atoms with van der Waals surface area (Å²) in [5.74, 6) is -0.0716. The van der Waals surface area contributed by atoms with Crippen LogP contribution in [-0.4, -0.2) is 19.6 Å². The second-order valence-electron chi connectivity index (χ2n) is 5.53. The molecule has 0 aliphatic carbocycles. The lowest BCUT2D eigenvalue weighted by Crippen LogP contribution is -2.40. The van der Waals surface area contributed by atoms with Crippen molar-refractivity contribution < 1.29 is 9.53 Å². The van der Waals surface area contributed by atoms with Crippen LogP contribution < -0.4 is 5.32 Å². The topological polar surface area (TPSA) is 38.3 Å². The summed E-state index contributed by atoms with van der Waals surface area (Å²) < 4.78 is 5.60. The Bertz CT molecular complexity index is 673. The van der Waals surface area contributed by atoms with Crippen molar-refractivity contribution in [1.82, 2.24) is 5.32 Å². The van der Waals surface area contributed by atoms with Crippen molar-refractivity contribution in [2.75, 3.05) is 13.7 Å². The summed E-state index contributed by atoms with van der Waals surface area (Å²) in [5.41, 5.74) is 1.19. The van der Waals surface area contributed by atoms with Gasteiger partial charge < -0.3 is 10.1 Å². The van der Waals surface area contributed by atoms with Crippen molar-refractivity contribution in [3.63, 3.8) is 0 Å². The highest BCUT2D eigenvalue weighted by atomic mass is 35.5. The van der Waals surface area contributed by atoms with Gasteiger partial charge in [-0.3, -0.25) is 4.79 Å². The molecule has 0 radical (unpaired) electrons. The van der Waals surface area contributed by atoms with Crippen molar-refractivity contribution >= 4 is 29.1 Å². The standard InChI is InChI=1S/C18H19Cl2NO2/c1-18(23-2,14-4-3-5-16(20)11-14)12-21-17(22)10-13-6-8-15(19)9-7-13/h3-9,11H,10,12H2,1-2H3,(H,21,22). The summed E-state index contributed by atoms with van der Waals surface area (Å²) in [6.45, 7) is 2.28. The van der Waals surface area contributed by atoms with Crippen LogP contribution in [0.4, 0.5) is 0 Å². The van der Waals surface area contributed by atoms with Gasteiger partial charge >= 0.3 is 0 Å². The van der Waals surface area contributed by atoms with Crippen LogP contribution in [0, 0.1) is 0 Å². The fourth-order valence-electron chi connectivity index (χ4n) is 2.23. The van der Waals surface area contributed by atoms with Gasteiger partial charge in [-0.15, -0.1) is 0 Å². The number of hydrogen-bond donors (Lipinski definition) is 1. The van der Waals surface area contributed by atoms with Gasteiger partial charge in [0.15, 0.2) is 0 Å². The zero-order valence-corrected chi connectivity index (χ0v) is 14.6. The van der Waals surface area contributed by atoms with Crippen LogP contribution in [0.1, 0.15) is 18.1 Å². The van der Waals surface area contributed by atoms with E-state index in [9.17, 15) is 4.79 Å². The third kappa shape index (κ3) is 4.96. The van der Waals surface area contributed by atoms with Gasteiger partial charge in [-0.05, 0) is 42.3 Å². The summed E-state index contributed by atoms with van der Waals surface area (Å²) in [7, 11) is 1.62. The number of rotatable bonds is 6. The maximum Gasteiger partial charge on any atom is 0.224 e. The number of benzene rings is 2. The minimum absolute atomic E-state index is 0.0716. The third-order valence-corrected chi connectivity index (χ3v) is 4.27. The number of hydrogen-bond acceptors (Lipinski definition) is 2. The third-order valence-electron chi connectivity index (χ3n) is 3.79. The van der Waals surface area contributed by atoms with Gasteiger partial charge in [0.05, 0.1) is 13.0 Å². The van der Waals surface area contributed by atoms with E-state index in [2.05, 4.69) is 5.32 Å². The minimum atomic E-state index is -0.638. The second kappa shape index (κ2) is 7.82.